The normalized spacial score (nSPS) is 20.6. The Balaban J connectivity index is 1.52. The Labute approximate surface area is 210 Å². The van der Waals surface area contributed by atoms with Crippen molar-refractivity contribution >= 4 is 44.1 Å². The number of nitrogens with zero attached hydrogens (tertiary/aromatic N) is 3. The number of hydrogen-bond donors (Lipinski definition) is 1. The summed E-state index contributed by atoms with van der Waals surface area (Å²) in [4.78, 5) is 37.0. The Kier molecular flexibility index (Phi) is 5.22. The van der Waals surface area contributed by atoms with Gasteiger partial charge in [0, 0.05) is 24.4 Å². The van der Waals surface area contributed by atoms with Gasteiger partial charge in [-0.25, -0.2) is 4.98 Å². The van der Waals surface area contributed by atoms with Gasteiger partial charge in [0.15, 0.2) is 5.13 Å². The van der Waals surface area contributed by atoms with E-state index in [1.165, 1.54) is 16.2 Å². The van der Waals surface area contributed by atoms with Crippen LogP contribution < -0.4 is 14.4 Å². The van der Waals surface area contributed by atoms with Crippen molar-refractivity contribution in [2.75, 3.05) is 12.0 Å². The van der Waals surface area contributed by atoms with E-state index < -0.39 is 17.7 Å². The molecule has 4 heterocycles. The molecule has 1 N–H and O–H groups in total. The van der Waals surface area contributed by atoms with Gasteiger partial charge in [0.1, 0.15) is 23.4 Å². The zero-order chi connectivity index (χ0) is 25.0. The maximum absolute atomic E-state index is 13.4. The molecule has 0 bridgehead atoms. The fraction of sp³-hybridized carbons (Fsp3) is 0.185. The smallest absolute Gasteiger partial charge is 0.301 e. The molecule has 2 aliphatic rings. The number of fused-ring (bicyclic) bond motifs is 2. The predicted molar refractivity (Wildman–Crippen MR) is 135 cm³/mol. The number of hydrogen-bond acceptors (Lipinski definition) is 8. The minimum Gasteiger partial charge on any atom is -0.507 e. The van der Waals surface area contributed by atoms with Gasteiger partial charge in [-0.15, -0.1) is 0 Å². The minimum absolute atomic E-state index is 0.00301. The van der Waals surface area contributed by atoms with Crippen LogP contribution in [0.2, 0.25) is 0 Å². The summed E-state index contributed by atoms with van der Waals surface area (Å²) >= 11 is 1.27. The maximum Gasteiger partial charge on any atom is 0.301 e. The van der Waals surface area contributed by atoms with Crippen molar-refractivity contribution in [3.05, 3.63) is 83.2 Å². The lowest BCUT2D eigenvalue weighted by molar-refractivity contribution is -0.132. The molecule has 1 fully saturated rings. The average molecular weight is 500 g/mol. The molecule has 9 heteroatoms. The topological polar surface area (TPSA) is 102 Å². The van der Waals surface area contributed by atoms with Gasteiger partial charge in [-0.05, 0) is 60.5 Å². The van der Waals surface area contributed by atoms with Crippen molar-refractivity contribution in [1.29, 1.82) is 0 Å². The third kappa shape index (κ3) is 3.51. The van der Waals surface area contributed by atoms with Crippen LogP contribution in [0.1, 0.15) is 29.7 Å². The Morgan fingerprint density at radius 3 is 2.83 bits per heavy atom. The molecule has 6 rings (SSSR count). The molecule has 2 aromatic carbocycles. The Morgan fingerprint density at radius 2 is 2.06 bits per heavy atom. The molecule has 0 unspecified atom stereocenters. The van der Waals surface area contributed by atoms with Crippen molar-refractivity contribution in [3.63, 3.8) is 0 Å². The van der Waals surface area contributed by atoms with Gasteiger partial charge in [0.2, 0.25) is 0 Å². The van der Waals surface area contributed by atoms with E-state index in [9.17, 15) is 14.7 Å². The molecular weight excluding hydrogens is 478 g/mol. The number of ether oxygens (including phenoxy) is 2. The molecule has 2 atom stereocenters. The number of rotatable bonds is 4. The van der Waals surface area contributed by atoms with Crippen molar-refractivity contribution in [2.45, 2.75) is 25.5 Å². The summed E-state index contributed by atoms with van der Waals surface area (Å²) < 4.78 is 11.9. The van der Waals surface area contributed by atoms with Crippen LogP contribution in [0, 0.1) is 0 Å². The summed E-state index contributed by atoms with van der Waals surface area (Å²) in [5.41, 5.74) is 2.66. The van der Waals surface area contributed by atoms with E-state index >= 15 is 0 Å². The van der Waals surface area contributed by atoms with Gasteiger partial charge in [0.25, 0.3) is 5.78 Å². The average Bonchev–Trinajstić information content (AvgIpc) is 3.55. The first-order valence-electron chi connectivity index (χ1n) is 11.4. The monoisotopic (exact) mass is 499 g/mol. The molecule has 0 aliphatic carbocycles. The second-order valence-electron chi connectivity index (χ2n) is 8.74. The van der Waals surface area contributed by atoms with Crippen LogP contribution >= 0.6 is 11.3 Å². The molecular formula is C27H21N3O5S. The van der Waals surface area contributed by atoms with Crippen LogP contribution in [0.3, 0.4) is 0 Å². The SMILES string of the molecule is COc1ccc2nc(N3C(=O)C(=O)C(=C(O)c4ccc5c(c4)C[C@H](C)O5)[C@@H]3c3cccnc3)sc2c1. The van der Waals surface area contributed by atoms with E-state index in [-0.39, 0.29) is 17.4 Å². The fourth-order valence-corrected chi connectivity index (χ4v) is 5.75. The molecule has 36 heavy (non-hydrogen) atoms. The van der Waals surface area contributed by atoms with E-state index in [4.69, 9.17) is 9.47 Å². The molecule has 0 spiro atoms. The van der Waals surface area contributed by atoms with E-state index in [0.717, 1.165) is 16.0 Å². The summed E-state index contributed by atoms with van der Waals surface area (Å²) in [5.74, 6) is -0.348. The highest BCUT2D eigenvalue weighted by molar-refractivity contribution is 7.22. The minimum atomic E-state index is -0.885. The summed E-state index contributed by atoms with van der Waals surface area (Å²) in [6, 6.07) is 13.3. The Hall–Kier alpha value is -4.24. The standard InChI is InChI=1S/C27H21N3O5S/c1-14-10-17-11-15(5-8-20(17)35-14)24(31)22-23(16-4-3-9-28-13-16)30(26(33)25(22)32)27-29-19-7-6-18(34-2)12-21(19)36-27/h3-9,11-14,23,31H,10H2,1-2H3/t14-,23-/m0/s1. The largest absolute Gasteiger partial charge is 0.507 e. The van der Waals surface area contributed by atoms with Crippen molar-refractivity contribution in [3.8, 4) is 11.5 Å². The molecule has 2 aliphatic heterocycles. The van der Waals surface area contributed by atoms with Crippen LogP contribution in [0.15, 0.2) is 66.5 Å². The Morgan fingerprint density at radius 1 is 1.19 bits per heavy atom. The number of carbonyl (C=O) groups is 2. The number of benzene rings is 2. The highest BCUT2D eigenvalue weighted by Gasteiger charge is 2.48. The first-order chi connectivity index (χ1) is 17.4. The van der Waals surface area contributed by atoms with Gasteiger partial charge in [-0.1, -0.05) is 17.4 Å². The lowest BCUT2D eigenvalue weighted by Gasteiger charge is -2.22. The summed E-state index contributed by atoms with van der Waals surface area (Å²) in [6.07, 6.45) is 3.94. The van der Waals surface area contributed by atoms with Gasteiger partial charge in [0.05, 0.1) is 28.9 Å². The second kappa shape index (κ2) is 8.46. The van der Waals surface area contributed by atoms with Crippen molar-refractivity contribution in [2.24, 2.45) is 0 Å². The number of aromatic nitrogens is 2. The number of methoxy groups -OCH3 is 1. The molecule has 0 saturated carbocycles. The third-order valence-electron chi connectivity index (χ3n) is 6.40. The predicted octanol–water partition coefficient (Wildman–Crippen LogP) is 4.65. The van der Waals surface area contributed by atoms with Crippen LogP contribution in [-0.4, -0.2) is 40.0 Å². The zero-order valence-electron chi connectivity index (χ0n) is 19.5. The van der Waals surface area contributed by atoms with Crippen LogP contribution in [0.4, 0.5) is 5.13 Å². The summed E-state index contributed by atoms with van der Waals surface area (Å²) in [6.45, 7) is 1.97. The number of thiazole rings is 1. The number of aliphatic hydroxyl groups is 1. The third-order valence-corrected chi connectivity index (χ3v) is 7.42. The van der Waals surface area contributed by atoms with E-state index in [1.54, 1.807) is 55.9 Å². The number of aliphatic hydroxyl groups excluding tert-OH is 1. The number of amides is 1. The number of carbonyl (C=O) groups excluding carboxylic acids is 2. The molecule has 1 amide bonds. The van der Waals surface area contributed by atoms with Gasteiger partial charge in [-0.3, -0.25) is 19.5 Å². The summed E-state index contributed by atoms with van der Waals surface area (Å²) in [7, 11) is 1.58. The Bertz CT molecular complexity index is 1560. The summed E-state index contributed by atoms with van der Waals surface area (Å²) in [5, 5.41) is 11.7. The number of ketones is 1. The van der Waals surface area contributed by atoms with E-state index in [0.29, 0.717) is 33.9 Å². The second-order valence-corrected chi connectivity index (χ2v) is 9.75. The van der Waals surface area contributed by atoms with Gasteiger partial charge >= 0.3 is 5.91 Å². The van der Waals surface area contributed by atoms with Gasteiger partial charge < -0.3 is 14.6 Å². The first-order valence-corrected chi connectivity index (χ1v) is 12.2. The quantitative estimate of drug-likeness (QED) is 0.248. The molecule has 0 radical (unpaired) electrons. The molecule has 180 valence electrons. The maximum atomic E-state index is 13.4. The highest BCUT2D eigenvalue weighted by atomic mass is 32.1. The highest BCUT2D eigenvalue weighted by Crippen LogP contribution is 2.45. The van der Waals surface area contributed by atoms with E-state index in [1.807, 2.05) is 19.1 Å². The molecule has 4 aromatic rings. The zero-order valence-corrected chi connectivity index (χ0v) is 20.3. The van der Waals surface area contributed by atoms with Crippen LogP contribution in [0.25, 0.3) is 16.0 Å². The van der Waals surface area contributed by atoms with Crippen molar-refractivity contribution in [1.82, 2.24) is 9.97 Å². The number of Topliss-reactive ketones (excluding diaryl/α,β-unsaturated/α-hetero) is 1. The van der Waals surface area contributed by atoms with Crippen molar-refractivity contribution < 1.29 is 24.2 Å². The van der Waals surface area contributed by atoms with E-state index in [2.05, 4.69) is 9.97 Å². The lowest BCUT2D eigenvalue weighted by atomic mass is 9.95. The van der Waals surface area contributed by atoms with Crippen LogP contribution in [0.5, 0.6) is 11.5 Å². The molecule has 8 nitrogen and oxygen atoms in total. The molecule has 1 saturated heterocycles. The lowest BCUT2D eigenvalue weighted by Crippen LogP contribution is -2.29. The van der Waals surface area contributed by atoms with Crippen LogP contribution in [-0.2, 0) is 16.0 Å². The number of anilines is 1. The fourth-order valence-electron chi connectivity index (χ4n) is 4.73. The first kappa shape index (κ1) is 22.2. The molecule has 2 aromatic heterocycles. The number of pyridine rings is 1. The van der Waals surface area contributed by atoms with Gasteiger partial charge in [-0.2, -0.15) is 0 Å².